The number of aryl methyl sites for hydroxylation is 1. The number of hydrogen-bond donors (Lipinski definition) is 2. The summed E-state index contributed by atoms with van der Waals surface area (Å²) in [6, 6.07) is 7.92. The molecule has 0 atom stereocenters. The molecule has 2 N–H and O–H groups in total. The zero-order valence-corrected chi connectivity index (χ0v) is 14.6. The van der Waals surface area contributed by atoms with Crippen LogP contribution < -0.4 is 15.5 Å². The molecule has 2 rings (SSSR count). The molecule has 0 saturated carbocycles. The zero-order chi connectivity index (χ0) is 17.0. The highest BCUT2D eigenvalue weighted by Crippen LogP contribution is 2.29. The molecule has 1 aromatic rings. The van der Waals surface area contributed by atoms with Gasteiger partial charge < -0.3 is 10.6 Å². The van der Waals surface area contributed by atoms with Gasteiger partial charge in [-0.3, -0.25) is 9.69 Å². The average molecular weight is 330 g/mol. The molecule has 1 heterocycles. The highest BCUT2D eigenvalue weighted by atomic mass is 32.1. The van der Waals surface area contributed by atoms with Crippen molar-refractivity contribution in [1.29, 1.82) is 5.26 Å². The van der Waals surface area contributed by atoms with Crippen molar-refractivity contribution in [2.75, 3.05) is 16.8 Å². The first kappa shape index (κ1) is 17.2. The fourth-order valence-electron chi connectivity index (χ4n) is 2.55. The van der Waals surface area contributed by atoms with Crippen molar-refractivity contribution in [1.82, 2.24) is 5.32 Å². The summed E-state index contributed by atoms with van der Waals surface area (Å²) < 4.78 is 0. The van der Waals surface area contributed by atoms with Crippen LogP contribution in [0.25, 0.3) is 0 Å². The number of rotatable bonds is 2. The van der Waals surface area contributed by atoms with E-state index in [0.717, 1.165) is 29.8 Å². The molecule has 0 saturated heterocycles. The third kappa shape index (κ3) is 4.67. The third-order valence-corrected chi connectivity index (χ3v) is 3.69. The SMILES string of the molecule is CC(C)(C)NC(=S)Nc1ccc2c(c1)N(CC#N)C(=O)CCC2. The minimum absolute atomic E-state index is 0.00200. The number of hydrogen-bond acceptors (Lipinski definition) is 3. The maximum absolute atomic E-state index is 12.2. The Kier molecular flexibility index (Phi) is 5.22. The average Bonchev–Trinajstić information content (AvgIpc) is 2.57. The molecule has 23 heavy (non-hydrogen) atoms. The van der Waals surface area contributed by atoms with Crippen LogP contribution in [0.4, 0.5) is 11.4 Å². The molecule has 0 aromatic heterocycles. The van der Waals surface area contributed by atoms with Crippen LogP contribution in [0.3, 0.4) is 0 Å². The van der Waals surface area contributed by atoms with Gasteiger partial charge in [0.05, 0.1) is 11.8 Å². The maximum Gasteiger partial charge on any atom is 0.227 e. The van der Waals surface area contributed by atoms with Crippen molar-refractivity contribution in [3.05, 3.63) is 23.8 Å². The highest BCUT2D eigenvalue weighted by molar-refractivity contribution is 7.80. The number of amides is 1. The molecule has 0 radical (unpaired) electrons. The lowest BCUT2D eigenvalue weighted by Gasteiger charge is -2.24. The Balaban J connectivity index is 2.26. The van der Waals surface area contributed by atoms with E-state index in [1.807, 2.05) is 39.0 Å². The lowest BCUT2D eigenvalue weighted by Crippen LogP contribution is -2.42. The Morgan fingerprint density at radius 3 is 2.78 bits per heavy atom. The summed E-state index contributed by atoms with van der Waals surface area (Å²) >= 11 is 5.31. The van der Waals surface area contributed by atoms with E-state index in [1.165, 1.54) is 0 Å². The molecule has 0 aliphatic carbocycles. The standard InChI is InChI=1S/C17H22N4OS/c1-17(2,3)20-16(23)19-13-8-7-12-5-4-6-15(22)21(10-9-18)14(12)11-13/h7-8,11H,4-6,10H2,1-3H3,(H2,19,20,23). The summed E-state index contributed by atoms with van der Waals surface area (Å²) in [4.78, 5) is 13.8. The van der Waals surface area contributed by atoms with Gasteiger partial charge in [-0.15, -0.1) is 0 Å². The molecule has 0 unspecified atom stereocenters. The number of benzene rings is 1. The number of nitriles is 1. The number of thiocarbonyl (C=S) groups is 1. The van der Waals surface area contributed by atoms with Gasteiger partial charge in [0.25, 0.3) is 0 Å². The van der Waals surface area contributed by atoms with Gasteiger partial charge in [0.1, 0.15) is 6.54 Å². The zero-order valence-electron chi connectivity index (χ0n) is 13.8. The van der Waals surface area contributed by atoms with Crippen molar-refractivity contribution in [2.24, 2.45) is 0 Å². The highest BCUT2D eigenvalue weighted by Gasteiger charge is 2.22. The Hall–Kier alpha value is -2.13. The molecule has 0 bridgehead atoms. The first-order valence-electron chi connectivity index (χ1n) is 7.69. The summed E-state index contributed by atoms with van der Waals surface area (Å²) in [5, 5.41) is 15.9. The van der Waals surface area contributed by atoms with Crippen molar-refractivity contribution >= 4 is 34.6 Å². The van der Waals surface area contributed by atoms with E-state index in [4.69, 9.17) is 17.5 Å². The van der Waals surface area contributed by atoms with Crippen LogP contribution in [0.2, 0.25) is 0 Å². The predicted molar refractivity (Wildman–Crippen MR) is 96.5 cm³/mol. The topological polar surface area (TPSA) is 68.2 Å². The summed E-state index contributed by atoms with van der Waals surface area (Å²) in [5.74, 6) is -0.00200. The van der Waals surface area contributed by atoms with Gasteiger partial charge in [-0.05, 0) is 63.5 Å². The lowest BCUT2D eigenvalue weighted by atomic mass is 10.1. The molecule has 1 aromatic carbocycles. The summed E-state index contributed by atoms with van der Waals surface area (Å²) in [7, 11) is 0. The van der Waals surface area contributed by atoms with E-state index in [-0.39, 0.29) is 18.0 Å². The minimum atomic E-state index is -0.126. The molecule has 0 spiro atoms. The Morgan fingerprint density at radius 1 is 1.39 bits per heavy atom. The predicted octanol–water partition coefficient (Wildman–Crippen LogP) is 2.96. The van der Waals surface area contributed by atoms with E-state index in [2.05, 4.69) is 16.7 Å². The largest absolute Gasteiger partial charge is 0.358 e. The van der Waals surface area contributed by atoms with Crippen LogP contribution in [0.5, 0.6) is 0 Å². The van der Waals surface area contributed by atoms with Crippen LogP contribution in [0.15, 0.2) is 18.2 Å². The van der Waals surface area contributed by atoms with E-state index in [9.17, 15) is 4.79 Å². The summed E-state index contributed by atoms with van der Waals surface area (Å²) in [6.07, 6.45) is 2.13. The Labute approximate surface area is 142 Å². The fourth-order valence-corrected chi connectivity index (χ4v) is 2.97. The van der Waals surface area contributed by atoms with Gasteiger partial charge >= 0.3 is 0 Å². The van der Waals surface area contributed by atoms with Gasteiger partial charge in [-0.25, -0.2) is 0 Å². The quantitative estimate of drug-likeness (QED) is 0.644. The maximum atomic E-state index is 12.2. The molecule has 0 fully saturated rings. The number of carbonyl (C=O) groups excluding carboxylic acids is 1. The van der Waals surface area contributed by atoms with Crippen molar-refractivity contribution in [3.63, 3.8) is 0 Å². The number of carbonyl (C=O) groups is 1. The molecule has 5 nitrogen and oxygen atoms in total. The van der Waals surface area contributed by atoms with Crippen molar-refractivity contribution in [3.8, 4) is 6.07 Å². The second kappa shape index (κ2) is 6.97. The molecule has 1 aliphatic rings. The van der Waals surface area contributed by atoms with Crippen LogP contribution in [0.1, 0.15) is 39.2 Å². The van der Waals surface area contributed by atoms with E-state index in [0.29, 0.717) is 11.5 Å². The molecular formula is C17H22N4OS. The van der Waals surface area contributed by atoms with Gasteiger partial charge in [0, 0.05) is 17.6 Å². The molecule has 6 heteroatoms. The first-order valence-corrected chi connectivity index (χ1v) is 8.10. The summed E-state index contributed by atoms with van der Waals surface area (Å²) in [6.45, 7) is 6.17. The monoisotopic (exact) mass is 330 g/mol. The summed E-state index contributed by atoms with van der Waals surface area (Å²) in [5.41, 5.74) is 2.57. The number of fused-ring (bicyclic) bond motifs is 1. The van der Waals surface area contributed by atoms with Gasteiger partial charge in [-0.2, -0.15) is 5.26 Å². The van der Waals surface area contributed by atoms with Crippen LogP contribution >= 0.6 is 12.2 Å². The van der Waals surface area contributed by atoms with Crippen LogP contribution in [-0.2, 0) is 11.2 Å². The fraction of sp³-hybridized carbons (Fsp3) is 0.471. The Morgan fingerprint density at radius 2 is 2.13 bits per heavy atom. The van der Waals surface area contributed by atoms with Crippen LogP contribution in [-0.4, -0.2) is 23.1 Å². The number of nitrogens with one attached hydrogen (secondary N) is 2. The second-order valence-electron chi connectivity index (χ2n) is 6.66. The molecule has 1 amide bonds. The minimum Gasteiger partial charge on any atom is -0.358 e. The normalized spacial score (nSPS) is 14.5. The van der Waals surface area contributed by atoms with E-state index < -0.39 is 0 Å². The van der Waals surface area contributed by atoms with Crippen molar-refractivity contribution < 1.29 is 4.79 Å². The lowest BCUT2D eigenvalue weighted by molar-refractivity contribution is -0.118. The molecular weight excluding hydrogens is 308 g/mol. The van der Waals surface area contributed by atoms with E-state index >= 15 is 0 Å². The van der Waals surface area contributed by atoms with Crippen LogP contribution in [0, 0.1) is 11.3 Å². The van der Waals surface area contributed by atoms with E-state index in [1.54, 1.807) is 4.90 Å². The molecule has 122 valence electrons. The first-order chi connectivity index (χ1) is 10.8. The second-order valence-corrected chi connectivity index (χ2v) is 7.07. The molecule has 1 aliphatic heterocycles. The van der Waals surface area contributed by atoms with Gasteiger partial charge in [-0.1, -0.05) is 6.07 Å². The number of nitrogens with zero attached hydrogens (tertiary/aromatic N) is 2. The smallest absolute Gasteiger partial charge is 0.227 e. The van der Waals surface area contributed by atoms with Crippen molar-refractivity contribution in [2.45, 2.75) is 45.6 Å². The van der Waals surface area contributed by atoms with Gasteiger partial charge in [0.15, 0.2) is 5.11 Å². The van der Waals surface area contributed by atoms with Gasteiger partial charge in [0.2, 0.25) is 5.91 Å². The number of anilines is 2. The Bertz CT molecular complexity index is 658. The third-order valence-electron chi connectivity index (χ3n) is 3.49.